The van der Waals surface area contributed by atoms with Crippen LogP contribution < -0.4 is 11.5 Å². The molecule has 4 N–H and O–H groups in total. The Labute approximate surface area is 116 Å². The predicted molar refractivity (Wildman–Crippen MR) is 80.8 cm³/mol. The quantitative estimate of drug-likeness (QED) is 0.578. The van der Waals surface area contributed by atoms with Gasteiger partial charge >= 0.3 is 0 Å². The van der Waals surface area contributed by atoms with Gasteiger partial charge in [-0.2, -0.15) is 4.99 Å². The first-order valence-electron chi connectivity index (χ1n) is 7.35. The number of hydrogen-bond donors (Lipinski definition) is 2. The third kappa shape index (κ3) is 5.81. The number of hydrazone groups is 1. The molecule has 0 bridgehead atoms. The van der Waals surface area contributed by atoms with E-state index in [9.17, 15) is 0 Å². The van der Waals surface area contributed by atoms with E-state index in [4.69, 9.17) is 11.5 Å². The molecule has 6 nitrogen and oxygen atoms in total. The molecule has 6 heteroatoms. The molecule has 0 radical (unpaired) electrons. The molecule has 0 aliphatic carbocycles. The number of hydrogen-bond acceptors (Lipinski definition) is 2. The van der Waals surface area contributed by atoms with E-state index in [1.165, 1.54) is 19.3 Å². The Morgan fingerprint density at radius 2 is 1.63 bits per heavy atom. The average molecular weight is 268 g/mol. The van der Waals surface area contributed by atoms with Gasteiger partial charge in [-0.3, -0.25) is 5.01 Å². The highest BCUT2D eigenvalue weighted by molar-refractivity contribution is 5.93. The molecule has 0 aromatic heterocycles. The minimum atomic E-state index is 0.261. The third-order valence-corrected chi connectivity index (χ3v) is 3.12. The van der Waals surface area contributed by atoms with Crippen LogP contribution in [0, 0.1) is 0 Å². The number of rotatable bonds is 5. The normalized spacial score (nSPS) is 17.7. The molecule has 110 valence electrons. The van der Waals surface area contributed by atoms with Gasteiger partial charge in [-0.15, -0.1) is 5.10 Å². The standard InChI is InChI=1S/C13H28N6/c1-3-8-18(9-4-2)13(15)16-12(14)17-19-10-6-5-7-11-19/h3-11H2,1-2H3,(H4,14,15,16,17). The molecule has 1 aliphatic rings. The van der Waals surface area contributed by atoms with Crippen molar-refractivity contribution in [1.82, 2.24) is 9.91 Å². The van der Waals surface area contributed by atoms with Crippen molar-refractivity contribution in [2.24, 2.45) is 21.6 Å². The molecule has 0 unspecified atom stereocenters. The highest BCUT2D eigenvalue weighted by Crippen LogP contribution is 2.08. The van der Waals surface area contributed by atoms with Crippen LogP contribution in [0.4, 0.5) is 0 Å². The molecule has 1 fully saturated rings. The van der Waals surface area contributed by atoms with Gasteiger partial charge in [0.15, 0.2) is 5.96 Å². The minimum absolute atomic E-state index is 0.261. The monoisotopic (exact) mass is 268 g/mol. The maximum absolute atomic E-state index is 5.99. The number of nitrogens with two attached hydrogens (primary N) is 2. The predicted octanol–water partition coefficient (Wildman–Crippen LogP) is 1.14. The molecule has 0 atom stereocenters. The molecule has 0 aromatic rings. The second kappa shape index (κ2) is 8.61. The third-order valence-electron chi connectivity index (χ3n) is 3.12. The average Bonchev–Trinajstić information content (AvgIpc) is 2.39. The highest BCUT2D eigenvalue weighted by Gasteiger charge is 2.09. The largest absolute Gasteiger partial charge is 0.369 e. The van der Waals surface area contributed by atoms with Crippen LogP contribution in [0.3, 0.4) is 0 Å². The molecule has 0 amide bonds. The summed E-state index contributed by atoms with van der Waals surface area (Å²) in [4.78, 5) is 6.27. The van der Waals surface area contributed by atoms with Gasteiger partial charge in [-0.05, 0) is 32.1 Å². The van der Waals surface area contributed by atoms with E-state index in [1.54, 1.807) is 0 Å². The van der Waals surface area contributed by atoms with Crippen LogP contribution >= 0.6 is 0 Å². The zero-order valence-electron chi connectivity index (χ0n) is 12.3. The number of aliphatic imine (C=N–C) groups is 1. The summed E-state index contributed by atoms with van der Waals surface area (Å²) < 4.78 is 0. The summed E-state index contributed by atoms with van der Waals surface area (Å²) in [6.45, 7) is 7.98. The Morgan fingerprint density at radius 1 is 1.05 bits per heavy atom. The van der Waals surface area contributed by atoms with Gasteiger partial charge in [-0.1, -0.05) is 13.8 Å². The van der Waals surface area contributed by atoms with Crippen molar-refractivity contribution in [3.05, 3.63) is 0 Å². The summed E-state index contributed by atoms with van der Waals surface area (Å²) in [5.41, 5.74) is 11.8. The summed E-state index contributed by atoms with van der Waals surface area (Å²) >= 11 is 0. The van der Waals surface area contributed by atoms with Gasteiger partial charge in [-0.25, -0.2) is 0 Å². The van der Waals surface area contributed by atoms with E-state index >= 15 is 0 Å². The van der Waals surface area contributed by atoms with Crippen LogP contribution in [-0.2, 0) is 0 Å². The lowest BCUT2D eigenvalue weighted by atomic mass is 10.2. The maximum Gasteiger partial charge on any atom is 0.240 e. The number of piperidine rings is 1. The zero-order chi connectivity index (χ0) is 14.1. The number of nitrogens with zero attached hydrogens (tertiary/aromatic N) is 4. The van der Waals surface area contributed by atoms with Crippen molar-refractivity contribution >= 4 is 11.9 Å². The molecular formula is C13H28N6. The van der Waals surface area contributed by atoms with Crippen LogP contribution in [0.15, 0.2) is 10.1 Å². The SMILES string of the molecule is CCCN(CCC)C(N)=NC(N)=NN1CCCCC1. The van der Waals surface area contributed by atoms with Crippen LogP contribution in [0.2, 0.25) is 0 Å². The summed E-state index contributed by atoms with van der Waals surface area (Å²) in [7, 11) is 0. The molecule has 1 saturated heterocycles. The van der Waals surface area contributed by atoms with Gasteiger partial charge in [0.25, 0.3) is 0 Å². The lowest BCUT2D eigenvalue weighted by molar-refractivity contribution is 0.238. The number of guanidine groups is 2. The fourth-order valence-corrected chi connectivity index (χ4v) is 2.21. The van der Waals surface area contributed by atoms with Crippen molar-refractivity contribution in [2.45, 2.75) is 46.0 Å². The first kappa shape index (κ1) is 15.6. The first-order chi connectivity index (χ1) is 9.17. The molecule has 0 saturated carbocycles. The smallest absolute Gasteiger partial charge is 0.240 e. The van der Waals surface area contributed by atoms with Crippen LogP contribution in [-0.4, -0.2) is 48.0 Å². The van der Waals surface area contributed by atoms with Crippen LogP contribution in [0.5, 0.6) is 0 Å². The lowest BCUT2D eigenvalue weighted by Crippen LogP contribution is -2.40. The van der Waals surface area contributed by atoms with Gasteiger partial charge < -0.3 is 16.4 Å². The highest BCUT2D eigenvalue weighted by atomic mass is 15.5. The first-order valence-corrected chi connectivity index (χ1v) is 7.35. The van der Waals surface area contributed by atoms with E-state index in [0.717, 1.165) is 39.0 Å². The molecule has 0 aromatic carbocycles. The van der Waals surface area contributed by atoms with Crippen molar-refractivity contribution in [3.63, 3.8) is 0 Å². The second-order valence-electron chi connectivity index (χ2n) is 4.93. The van der Waals surface area contributed by atoms with Crippen LogP contribution in [0.25, 0.3) is 0 Å². The molecule has 1 aliphatic heterocycles. The van der Waals surface area contributed by atoms with E-state index in [-0.39, 0.29) is 5.96 Å². The molecule has 1 heterocycles. The van der Waals surface area contributed by atoms with Crippen LogP contribution in [0.1, 0.15) is 46.0 Å². The van der Waals surface area contributed by atoms with Gasteiger partial charge in [0, 0.05) is 26.2 Å². The van der Waals surface area contributed by atoms with Crippen molar-refractivity contribution in [3.8, 4) is 0 Å². The minimum Gasteiger partial charge on any atom is -0.369 e. The summed E-state index contributed by atoms with van der Waals surface area (Å²) in [5, 5.41) is 6.30. The zero-order valence-corrected chi connectivity index (χ0v) is 12.3. The summed E-state index contributed by atoms with van der Waals surface area (Å²) in [6.07, 6.45) is 5.71. The van der Waals surface area contributed by atoms with E-state index in [0.29, 0.717) is 5.96 Å². The maximum atomic E-state index is 5.99. The van der Waals surface area contributed by atoms with Gasteiger partial charge in [0.05, 0.1) is 0 Å². The summed E-state index contributed by atoms with van der Waals surface area (Å²) in [5.74, 6) is 0.735. The fraction of sp³-hybridized carbons (Fsp3) is 0.846. The Balaban J connectivity index is 2.60. The van der Waals surface area contributed by atoms with Gasteiger partial charge in [0.2, 0.25) is 5.96 Å². The van der Waals surface area contributed by atoms with Gasteiger partial charge in [0.1, 0.15) is 0 Å². The Bertz CT molecular complexity index is 300. The van der Waals surface area contributed by atoms with Crippen molar-refractivity contribution in [1.29, 1.82) is 0 Å². The lowest BCUT2D eigenvalue weighted by Gasteiger charge is -2.24. The van der Waals surface area contributed by atoms with Crippen molar-refractivity contribution < 1.29 is 0 Å². The Morgan fingerprint density at radius 3 is 2.16 bits per heavy atom. The second-order valence-corrected chi connectivity index (χ2v) is 4.93. The molecule has 19 heavy (non-hydrogen) atoms. The Kier molecular flexibility index (Phi) is 7.07. The molecule has 1 rings (SSSR count). The van der Waals surface area contributed by atoms with E-state index < -0.39 is 0 Å². The Hall–Kier alpha value is -1.46. The summed E-state index contributed by atoms with van der Waals surface area (Å²) in [6, 6.07) is 0. The fourth-order valence-electron chi connectivity index (χ4n) is 2.21. The topological polar surface area (TPSA) is 83.2 Å². The van der Waals surface area contributed by atoms with E-state index in [2.05, 4.69) is 28.8 Å². The van der Waals surface area contributed by atoms with Crippen molar-refractivity contribution in [2.75, 3.05) is 26.2 Å². The van der Waals surface area contributed by atoms with E-state index in [1.807, 2.05) is 5.01 Å². The molecular weight excluding hydrogens is 240 g/mol. The molecule has 0 spiro atoms.